The van der Waals surface area contributed by atoms with E-state index in [1.807, 2.05) is 6.92 Å². The molecule has 2 N–H and O–H groups in total. The van der Waals surface area contributed by atoms with Gasteiger partial charge < -0.3 is 10.4 Å². The molecule has 1 saturated heterocycles. The highest BCUT2D eigenvalue weighted by atomic mass is 16.4. The van der Waals surface area contributed by atoms with Gasteiger partial charge in [0.15, 0.2) is 0 Å². The van der Waals surface area contributed by atoms with Gasteiger partial charge in [-0.3, -0.25) is 9.59 Å². The number of hydrogen-bond acceptors (Lipinski definition) is 5. The number of rotatable bonds is 3. The number of fused-ring (bicyclic) bond motifs is 1. The Kier molecular flexibility index (Phi) is 3.67. The molecule has 1 atom stereocenters. The van der Waals surface area contributed by atoms with Crippen LogP contribution in [-0.2, 0) is 0 Å². The molecular formula is C15H17N3O4. The largest absolute Gasteiger partial charge is 0.478 e. The minimum Gasteiger partial charge on any atom is -0.478 e. The third-order valence-electron chi connectivity index (χ3n) is 4.16. The molecule has 1 aromatic rings. The predicted molar refractivity (Wildman–Crippen MR) is 77.6 cm³/mol. The molecule has 0 aromatic heterocycles. The van der Waals surface area contributed by atoms with Crippen molar-refractivity contribution in [3.8, 4) is 0 Å². The summed E-state index contributed by atoms with van der Waals surface area (Å²) in [6.45, 7) is 3.98. The highest BCUT2D eigenvalue weighted by molar-refractivity contribution is 6.21. The Bertz CT molecular complexity index is 658. The summed E-state index contributed by atoms with van der Waals surface area (Å²) in [5.74, 6) is -1.93. The van der Waals surface area contributed by atoms with E-state index < -0.39 is 11.9 Å². The predicted octanol–water partition coefficient (Wildman–Crippen LogP) is 0.580. The van der Waals surface area contributed by atoms with Gasteiger partial charge >= 0.3 is 5.97 Å². The van der Waals surface area contributed by atoms with Gasteiger partial charge in [0.05, 0.1) is 16.7 Å². The molecule has 22 heavy (non-hydrogen) atoms. The lowest BCUT2D eigenvalue weighted by molar-refractivity contribution is -0.0303. The van der Waals surface area contributed by atoms with Crippen molar-refractivity contribution in [2.24, 2.45) is 0 Å². The second-order valence-electron chi connectivity index (χ2n) is 5.42. The third kappa shape index (κ3) is 2.18. The van der Waals surface area contributed by atoms with Gasteiger partial charge in [0, 0.05) is 25.7 Å². The molecule has 0 bridgehead atoms. The Labute approximate surface area is 127 Å². The maximum atomic E-state index is 12.6. The maximum Gasteiger partial charge on any atom is 0.335 e. The molecule has 1 aromatic carbocycles. The second kappa shape index (κ2) is 5.51. The van der Waals surface area contributed by atoms with Gasteiger partial charge in [-0.25, -0.2) is 14.8 Å². The number of nitrogens with one attached hydrogen (secondary N) is 1. The van der Waals surface area contributed by atoms with E-state index in [-0.39, 0.29) is 28.6 Å². The van der Waals surface area contributed by atoms with Gasteiger partial charge in [0.2, 0.25) is 0 Å². The fourth-order valence-electron chi connectivity index (χ4n) is 2.96. The highest BCUT2D eigenvalue weighted by Gasteiger charge is 2.42. The normalized spacial score (nSPS) is 22.0. The number of imide groups is 1. The van der Waals surface area contributed by atoms with Crippen LogP contribution in [0.3, 0.4) is 0 Å². The van der Waals surface area contributed by atoms with E-state index in [0.29, 0.717) is 19.6 Å². The van der Waals surface area contributed by atoms with Crippen LogP contribution in [0.25, 0.3) is 0 Å². The molecule has 0 saturated carbocycles. The van der Waals surface area contributed by atoms with E-state index in [1.165, 1.54) is 23.2 Å². The summed E-state index contributed by atoms with van der Waals surface area (Å²) in [4.78, 5) is 36.2. The van der Waals surface area contributed by atoms with E-state index in [2.05, 4.69) is 5.32 Å². The fraction of sp³-hybridized carbons (Fsp3) is 0.400. The highest BCUT2D eigenvalue weighted by Crippen LogP contribution is 2.27. The van der Waals surface area contributed by atoms with Gasteiger partial charge in [-0.15, -0.1) is 0 Å². The Balaban J connectivity index is 1.97. The topological polar surface area (TPSA) is 89.9 Å². The minimum atomic E-state index is -1.12. The first-order valence-corrected chi connectivity index (χ1v) is 7.28. The van der Waals surface area contributed by atoms with Gasteiger partial charge in [-0.05, 0) is 24.6 Å². The smallest absolute Gasteiger partial charge is 0.335 e. The van der Waals surface area contributed by atoms with Gasteiger partial charge in [0.25, 0.3) is 11.8 Å². The van der Waals surface area contributed by atoms with Crippen LogP contribution >= 0.6 is 0 Å². The third-order valence-corrected chi connectivity index (χ3v) is 4.16. The number of amides is 2. The van der Waals surface area contributed by atoms with Gasteiger partial charge in [-0.2, -0.15) is 0 Å². The number of aromatic carboxylic acids is 1. The number of piperazine rings is 1. The molecule has 1 unspecified atom stereocenters. The average Bonchev–Trinajstić information content (AvgIpc) is 2.78. The average molecular weight is 303 g/mol. The number of nitrogens with zero attached hydrogens (tertiary/aromatic N) is 2. The SMILES string of the molecule is CCC1CNCCN1N1C(=O)c2ccc(C(=O)O)cc2C1=O. The van der Waals surface area contributed by atoms with Crippen LogP contribution in [0.1, 0.15) is 44.4 Å². The minimum absolute atomic E-state index is 0.00843. The molecule has 0 radical (unpaired) electrons. The summed E-state index contributed by atoms with van der Waals surface area (Å²) in [5.41, 5.74) is 0.441. The zero-order valence-corrected chi connectivity index (χ0v) is 12.2. The lowest BCUT2D eigenvalue weighted by Gasteiger charge is -2.39. The summed E-state index contributed by atoms with van der Waals surface area (Å²) >= 11 is 0. The van der Waals surface area contributed by atoms with Crippen molar-refractivity contribution in [1.82, 2.24) is 15.3 Å². The van der Waals surface area contributed by atoms with Crippen molar-refractivity contribution in [1.29, 1.82) is 0 Å². The van der Waals surface area contributed by atoms with Crippen molar-refractivity contribution < 1.29 is 19.5 Å². The van der Waals surface area contributed by atoms with E-state index >= 15 is 0 Å². The monoisotopic (exact) mass is 303 g/mol. The Hall–Kier alpha value is -2.25. The Morgan fingerprint density at radius 2 is 2.05 bits per heavy atom. The van der Waals surface area contributed by atoms with Crippen LogP contribution in [0.5, 0.6) is 0 Å². The fourth-order valence-corrected chi connectivity index (χ4v) is 2.96. The van der Waals surface area contributed by atoms with E-state index in [1.54, 1.807) is 5.01 Å². The molecule has 0 aliphatic carbocycles. The molecule has 3 rings (SSSR count). The second-order valence-corrected chi connectivity index (χ2v) is 5.42. The zero-order chi connectivity index (χ0) is 15.9. The number of benzene rings is 1. The molecule has 1 fully saturated rings. The van der Waals surface area contributed by atoms with Crippen LogP contribution in [0.2, 0.25) is 0 Å². The van der Waals surface area contributed by atoms with Crippen molar-refractivity contribution in [3.05, 3.63) is 34.9 Å². The van der Waals surface area contributed by atoms with Crippen molar-refractivity contribution in [2.75, 3.05) is 19.6 Å². The Morgan fingerprint density at radius 1 is 1.32 bits per heavy atom. The Morgan fingerprint density at radius 3 is 2.73 bits per heavy atom. The first-order chi connectivity index (χ1) is 10.5. The van der Waals surface area contributed by atoms with E-state index in [9.17, 15) is 14.4 Å². The lowest BCUT2D eigenvalue weighted by Crippen LogP contribution is -2.59. The molecule has 2 heterocycles. The van der Waals surface area contributed by atoms with E-state index in [0.717, 1.165) is 6.42 Å². The first-order valence-electron chi connectivity index (χ1n) is 7.28. The van der Waals surface area contributed by atoms with Gasteiger partial charge in [-0.1, -0.05) is 6.92 Å². The summed E-state index contributed by atoms with van der Waals surface area (Å²) in [6.07, 6.45) is 0.806. The van der Waals surface area contributed by atoms with E-state index in [4.69, 9.17) is 5.11 Å². The first kappa shape index (κ1) is 14.7. The van der Waals surface area contributed by atoms with Gasteiger partial charge in [0.1, 0.15) is 0 Å². The number of carbonyl (C=O) groups excluding carboxylic acids is 2. The van der Waals surface area contributed by atoms with Crippen molar-refractivity contribution in [2.45, 2.75) is 19.4 Å². The summed E-state index contributed by atoms with van der Waals surface area (Å²) < 4.78 is 0. The molecule has 7 heteroatoms. The molecule has 7 nitrogen and oxygen atoms in total. The zero-order valence-electron chi connectivity index (χ0n) is 12.2. The van der Waals surface area contributed by atoms with Crippen molar-refractivity contribution >= 4 is 17.8 Å². The molecule has 2 amide bonds. The number of hydrogen-bond donors (Lipinski definition) is 2. The number of hydrazine groups is 1. The summed E-state index contributed by atoms with van der Waals surface area (Å²) in [7, 11) is 0. The standard InChI is InChI=1S/C15H17N3O4/c1-2-10-8-16-5-6-17(10)18-13(19)11-4-3-9(15(21)22)7-12(11)14(18)20/h3-4,7,10,16H,2,5-6,8H2,1H3,(H,21,22). The number of carboxylic acid groups (broad SMARTS) is 1. The van der Waals surface area contributed by atoms with Crippen molar-refractivity contribution in [3.63, 3.8) is 0 Å². The quantitative estimate of drug-likeness (QED) is 0.794. The molecular weight excluding hydrogens is 286 g/mol. The number of carbonyl (C=O) groups is 3. The van der Waals surface area contributed by atoms with Crippen LogP contribution in [-0.4, -0.2) is 58.6 Å². The molecule has 116 valence electrons. The summed E-state index contributed by atoms with van der Waals surface area (Å²) in [6, 6.07) is 4.11. The van der Waals surface area contributed by atoms with Crippen LogP contribution in [0.15, 0.2) is 18.2 Å². The summed E-state index contributed by atoms with van der Waals surface area (Å²) in [5, 5.41) is 15.2. The number of carboxylic acids is 1. The molecule has 2 aliphatic rings. The van der Waals surface area contributed by atoms with Crippen LogP contribution < -0.4 is 5.32 Å². The van der Waals surface area contributed by atoms with Crippen LogP contribution in [0.4, 0.5) is 0 Å². The maximum absolute atomic E-state index is 12.6. The van der Waals surface area contributed by atoms with Crippen LogP contribution in [0, 0.1) is 0 Å². The lowest BCUT2D eigenvalue weighted by atomic mass is 10.1. The molecule has 2 aliphatic heterocycles. The molecule has 0 spiro atoms.